The maximum Gasteiger partial charge on any atom is 0.231 e. The minimum Gasteiger partial charge on any atom is -0.493 e. The van der Waals surface area contributed by atoms with Gasteiger partial charge in [-0.2, -0.15) is 0 Å². The van der Waals surface area contributed by atoms with Crippen molar-refractivity contribution in [2.45, 2.75) is 31.7 Å². The normalized spacial score (nSPS) is 18.3. The van der Waals surface area contributed by atoms with E-state index in [1.807, 2.05) is 0 Å². The molecule has 1 aromatic rings. The van der Waals surface area contributed by atoms with Crippen molar-refractivity contribution in [2.24, 2.45) is 10.7 Å². The summed E-state index contributed by atoms with van der Waals surface area (Å²) in [5.74, 6) is 1.61. The number of hydrogen-bond donors (Lipinski definition) is 3. The van der Waals surface area contributed by atoms with Crippen molar-refractivity contribution in [1.29, 1.82) is 0 Å². The van der Waals surface area contributed by atoms with Crippen LogP contribution in [0, 0.1) is 0 Å². The van der Waals surface area contributed by atoms with Gasteiger partial charge in [-0.3, -0.25) is 14.7 Å². The first-order valence-corrected chi connectivity index (χ1v) is 9.36. The number of nitrogens with one attached hydrogen (secondary N) is 2. The molecule has 1 saturated heterocycles. The molecule has 3 rings (SSSR count). The van der Waals surface area contributed by atoms with Crippen LogP contribution < -0.4 is 21.1 Å². The van der Waals surface area contributed by atoms with Gasteiger partial charge in [0.15, 0.2) is 5.96 Å². The molecule has 0 atom stereocenters. The number of nitrogens with two attached hydrogens (primary N) is 1. The summed E-state index contributed by atoms with van der Waals surface area (Å²) in [6.07, 6.45) is 3.93. The number of guanidine groups is 1. The van der Waals surface area contributed by atoms with Crippen molar-refractivity contribution < 1.29 is 9.53 Å². The fourth-order valence-electron chi connectivity index (χ4n) is 3.56. The van der Waals surface area contributed by atoms with E-state index >= 15 is 0 Å². The highest BCUT2D eigenvalue weighted by atomic mass is 16.5. The van der Waals surface area contributed by atoms with Gasteiger partial charge < -0.3 is 21.1 Å². The lowest BCUT2D eigenvalue weighted by molar-refractivity contribution is -0.119. The summed E-state index contributed by atoms with van der Waals surface area (Å²) in [6, 6.07) is 6.83. The van der Waals surface area contributed by atoms with E-state index in [9.17, 15) is 4.79 Å². The van der Waals surface area contributed by atoms with Crippen LogP contribution in [0.3, 0.4) is 0 Å². The molecule has 26 heavy (non-hydrogen) atoms. The van der Waals surface area contributed by atoms with E-state index in [0.717, 1.165) is 63.6 Å². The second kappa shape index (κ2) is 8.89. The molecule has 0 aliphatic carbocycles. The molecule has 0 bridgehead atoms. The molecule has 2 heterocycles. The van der Waals surface area contributed by atoms with Gasteiger partial charge in [-0.1, -0.05) is 12.1 Å². The molecule has 1 fully saturated rings. The summed E-state index contributed by atoms with van der Waals surface area (Å²) in [6.45, 7) is 3.75. The third-order valence-corrected chi connectivity index (χ3v) is 4.99. The number of piperidine rings is 1. The number of amides is 1. The Morgan fingerprint density at radius 2 is 2.19 bits per heavy atom. The van der Waals surface area contributed by atoms with E-state index in [2.05, 4.69) is 38.7 Å². The van der Waals surface area contributed by atoms with Crippen molar-refractivity contribution in [3.63, 3.8) is 0 Å². The third-order valence-electron chi connectivity index (χ3n) is 4.99. The zero-order valence-electron chi connectivity index (χ0n) is 15.5. The molecule has 1 aromatic carbocycles. The summed E-state index contributed by atoms with van der Waals surface area (Å²) in [4.78, 5) is 17.4. The summed E-state index contributed by atoms with van der Waals surface area (Å²) in [5.41, 5.74) is 7.89. The fourth-order valence-corrected chi connectivity index (χ4v) is 3.56. The van der Waals surface area contributed by atoms with E-state index in [1.54, 1.807) is 7.05 Å². The van der Waals surface area contributed by atoms with Crippen molar-refractivity contribution in [1.82, 2.24) is 15.5 Å². The Hall–Kier alpha value is -2.28. The molecule has 2 aliphatic rings. The van der Waals surface area contributed by atoms with E-state index in [4.69, 9.17) is 10.5 Å². The molecular weight excluding hydrogens is 330 g/mol. The van der Waals surface area contributed by atoms with Gasteiger partial charge >= 0.3 is 0 Å². The fraction of sp³-hybridized carbons (Fsp3) is 0.579. The molecule has 7 nitrogen and oxygen atoms in total. The number of carbonyl (C=O) groups excluding carboxylic acids is 1. The van der Waals surface area contributed by atoms with Gasteiger partial charge in [0.05, 0.1) is 13.2 Å². The van der Waals surface area contributed by atoms with Crippen LogP contribution in [0.25, 0.3) is 0 Å². The van der Waals surface area contributed by atoms with Crippen LogP contribution in [-0.2, 0) is 17.6 Å². The predicted octanol–water partition coefficient (Wildman–Crippen LogP) is 0.279. The molecule has 142 valence electrons. The van der Waals surface area contributed by atoms with Gasteiger partial charge in [0.1, 0.15) is 5.75 Å². The SMILES string of the molecule is CN=C(NCCc1ccc2c(c1)CCO2)NC1CCN(CC(N)=O)CC1. The third kappa shape index (κ3) is 5.11. The number of rotatable bonds is 6. The van der Waals surface area contributed by atoms with Crippen LogP contribution in [0.4, 0.5) is 0 Å². The zero-order chi connectivity index (χ0) is 18.4. The van der Waals surface area contributed by atoms with Gasteiger partial charge in [0, 0.05) is 39.1 Å². The number of primary amides is 1. The van der Waals surface area contributed by atoms with Crippen LogP contribution in [0.5, 0.6) is 5.75 Å². The van der Waals surface area contributed by atoms with Crippen LogP contribution in [-0.4, -0.2) is 62.6 Å². The molecule has 0 spiro atoms. The minimum absolute atomic E-state index is 0.257. The first kappa shape index (κ1) is 18.5. The average Bonchev–Trinajstić information content (AvgIpc) is 3.09. The lowest BCUT2D eigenvalue weighted by Crippen LogP contribution is -2.50. The number of aliphatic imine (C=N–C) groups is 1. The number of carbonyl (C=O) groups is 1. The molecule has 0 unspecified atom stereocenters. The highest BCUT2D eigenvalue weighted by Gasteiger charge is 2.20. The van der Waals surface area contributed by atoms with Crippen LogP contribution in [0.2, 0.25) is 0 Å². The number of fused-ring (bicyclic) bond motifs is 1. The van der Waals surface area contributed by atoms with Crippen molar-refractivity contribution in [3.8, 4) is 5.75 Å². The Balaban J connectivity index is 1.39. The van der Waals surface area contributed by atoms with Crippen LogP contribution in [0.15, 0.2) is 23.2 Å². The van der Waals surface area contributed by atoms with Crippen LogP contribution >= 0.6 is 0 Å². The number of benzene rings is 1. The van der Waals surface area contributed by atoms with Crippen molar-refractivity contribution in [2.75, 3.05) is 39.8 Å². The Kier molecular flexibility index (Phi) is 6.33. The van der Waals surface area contributed by atoms with Gasteiger partial charge in [-0.15, -0.1) is 0 Å². The standard InChI is InChI=1S/C19H29N5O2/c1-21-19(23-16-5-9-24(10-6-16)13-18(20)25)22-8-4-14-2-3-17-15(12-14)7-11-26-17/h2-3,12,16H,4-11,13H2,1H3,(H2,20,25)(H2,21,22,23). The van der Waals surface area contributed by atoms with E-state index in [1.165, 1.54) is 11.1 Å². The van der Waals surface area contributed by atoms with Crippen LogP contribution in [0.1, 0.15) is 24.0 Å². The smallest absolute Gasteiger partial charge is 0.231 e. The summed E-state index contributed by atoms with van der Waals surface area (Å²) in [7, 11) is 1.80. The number of hydrogen-bond acceptors (Lipinski definition) is 4. The van der Waals surface area contributed by atoms with E-state index in [0.29, 0.717) is 12.6 Å². The molecule has 0 radical (unpaired) electrons. The lowest BCUT2D eigenvalue weighted by Gasteiger charge is -2.32. The summed E-state index contributed by atoms with van der Waals surface area (Å²) >= 11 is 0. The van der Waals surface area contributed by atoms with Crippen molar-refractivity contribution in [3.05, 3.63) is 29.3 Å². The maximum absolute atomic E-state index is 11.0. The molecule has 2 aliphatic heterocycles. The number of ether oxygens (including phenoxy) is 1. The Morgan fingerprint density at radius 3 is 2.92 bits per heavy atom. The second-order valence-electron chi connectivity index (χ2n) is 6.95. The average molecular weight is 359 g/mol. The number of likely N-dealkylation sites (tertiary alicyclic amines) is 1. The minimum atomic E-state index is -0.257. The topological polar surface area (TPSA) is 92.0 Å². The summed E-state index contributed by atoms with van der Waals surface area (Å²) < 4.78 is 5.55. The highest BCUT2D eigenvalue weighted by Crippen LogP contribution is 2.25. The quantitative estimate of drug-likeness (QED) is 0.501. The maximum atomic E-state index is 11.0. The molecule has 0 saturated carbocycles. The van der Waals surface area contributed by atoms with Gasteiger partial charge in [-0.05, 0) is 36.5 Å². The zero-order valence-corrected chi connectivity index (χ0v) is 15.5. The second-order valence-corrected chi connectivity index (χ2v) is 6.95. The predicted molar refractivity (Wildman–Crippen MR) is 102 cm³/mol. The molecule has 0 aromatic heterocycles. The van der Waals surface area contributed by atoms with Crippen molar-refractivity contribution >= 4 is 11.9 Å². The lowest BCUT2D eigenvalue weighted by atomic mass is 10.1. The highest BCUT2D eigenvalue weighted by molar-refractivity contribution is 5.80. The van der Waals surface area contributed by atoms with E-state index < -0.39 is 0 Å². The molecule has 7 heteroatoms. The molecular formula is C19H29N5O2. The summed E-state index contributed by atoms with van der Waals surface area (Å²) in [5, 5.41) is 6.88. The Bertz CT molecular complexity index is 653. The Morgan fingerprint density at radius 1 is 1.38 bits per heavy atom. The van der Waals surface area contributed by atoms with Gasteiger partial charge in [0.25, 0.3) is 0 Å². The Labute approximate surface area is 155 Å². The first-order valence-electron chi connectivity index (χ1n) is 9.36. The van der Waals surface area contributed by atoms with Gasteiger partial charge in [-0.25, -0.2) is 0 Å². The monoisotopic (exact) mass is 359 g/mol. The number of nitrogens with zero attached hydrogens (tertiary/aromatic N) is 2. The van der Waals surface area contributed by atoms with E-state index in [-0.39, 0.29) is 5.91 Å². The molecule has 1 amide bonds. The largest absolute Gasteiger partial charge is 0.493 e. The molecule has 4 N–H and O–H groups in total. The first-order chi connectivity index (χ1) is 12.6. The van der Waals surface area contributed by atoms with Gasteiger partial charge in [0.2, 0.25) is 5.91 Å².